The molecule has 0 atom stereocenters. The molecule has 3 aromatic rings. The molecule has 1 saturated heterocycles. The van der Waals surface area contributed by atoms with E-state index in [1.807, 2.05) is 4.90 Å². The number of amides is 2. The molecule has 0 radical (unpaired) electrons. The third kappa shape index (κ3) is 8.77. The Labute approximate surface area is 229 Å². The van der Waals surface area contributed by atoms with E-state index in [2.05, 4.69) is 20.9 Å². The van der Waals surface area contributed by atoms with Gasteiger partial charge >= 0.3 is 0 Å². The summed E-state index contributed by atoms with van der Waals surface area (Å²) < 4.78 is 33.4. The molecule has 1 fully saturated rings. The zero-order chi connectivity index (χ0) is 27.8. The number of aromatic nitrogens is 1. The number of carbonyl (C=O) groups is 2. The minimum absolute atomic E-state index is 0.00000443. The van der Waals surface area contributed by atoms with Crippen LogP contribution in [0.5, 0.6) is 11.5 Å². The number of nitrogens with zero attached hydrogens (tertiary/aromatic N) is 2. The van der Waals surface area contributed by atoms with E-state index in [0.717, 1.165) is 6.07 Å². The molecule has 4 rings (SSSR count). The van der Waals surface area contributed by atoms with Crippen LogP contribution in [0.2, 0.25) is 0 Å². The van der Waals surface area contributed by atoms with Gasteiger partial charge in [0.05, 0.1) is 19.1 Å². The van der Waals surface area contributed by atoms with Crippen LogP contribution in [-0.2, 0) is 16.0 Å². The van der Waals surface area contributed by atoms with Crippen molar-refractivity contribution in [1.29, 1.82) is 0 Å². The van der Waals surface area contributed by atoms with E-state index in [-0.39, 0.29) is 47.4 Å². The predicted octanol–water partition coefficient (Wildman–Crippen LogP) is 3.60. The lowest BCUT2D eigenvalue weighted by Gasteiger charge is -2.28. The normalized spacial score (nSPS) is 13.9. The van der Waals surface area contributed by atoms with Gasteiger partial charge in [-0.15, -0.1) is 0 Å². The van der Waals surface area contributed by atoms with Gasteiger partial charge in [0.25, 0.3) is 0 Å². The van der Waals surface area contributed by atoms with Gasteiger partial charge in [0, 0.05) is 37.1 Å². The molecular formula is C27H27F2N5O4S. The van der Waals surface area contributed by atoms with Crippen LogP contribution < -0.4 is 20.7 Å². The number of hydrogen-bond acceptors (Lipinski definition) is 7. The van der Waals surface area contributed by atoms with Crippen LogP contribution in [0.15, 0.2) is 60.8 Å². The number of likely N-dealkylation sites (tertiary alicyclic amines) is 1. The Morgan fingerprint density at radius 2 is 1.77 bits per heavy atom. The molecule has 2 heterocycles. The Kier molecular flexibility index (Phi) is 9.47. The topological polar surface area (TPSA) is 116 Å². The Morgan fingerprint density at radius 1 is 1.03 bits per heavy atom. The molecule has 2 amide bonds. The maximum absolute atomic E-state index is 14.7. The van der Waals surface area contributed by atoms with Gasteiger partial charge in [-0.2, -0.15) is 0 Å². The molecule has 12 heteroatoms. The highest BCUT2D eigenvalue weighted by atomic mass is 32.1. The summed E-state index contributed by atoms with van der Waals surface area (Å²) in [5.41, 5.74) is 0.908. The molecule has 0 unspecified atom stereocenters. The molecule has 0 spiro atoms. The number of hydrogen-bond donors (Lipinski definition) is 4. The van der Waals surface area contributed by atoms with E-state index in [9.17, 15) is 23.5 Å². The highest BCUT2D eigenvalue weighted by Crippen LogP contribution is 2.27. The van der Waals surface area contributed by atoms with Crippen LogP contribution in [0, 0.1) is 11.6 Å². The number of carbonyl (C=O) groups excluding carboxylic acids is 2. The summed E-state index contributed by atoms with van der Waals surface area (Å²) in [4.78, 5) is 30.6. The van der Waals surface area contributed by atoms with Crippen molar-refractivity contribution in [3.63, 3.8) is 0 Å². The summed E-state index contributed by atoms with van der Waals surface area (Å²) >= 11 is 5.12. The summed E-state index contributed by atoms with van der Waals surface area (Å²) in [5, 5.41) is 17.5. The van der Waals surface area contributed by atoms with Gasteiger partial charge in [-0.25, -0.2) is 13.8 Å². The van der Waals surface area contributed by atoms with Crippen LogP contribution in [0.4, 0.5) is 20.3 Å². The lowest BCUT2D eigenvalue weighted by Crippen LogP contribution is -2.40. The smallest absolute Gasteiger partial charge is 0.239 e. The number of pyridine rings is 1. The van der Waals surface area contributed by atoms with Crippen LogP contribution in [0.25, 0.3) is 0 Å². The standard InChI is InChI=1S/C27H27F2N5O4S/c28-18-3-1-17(2-4-18)13-25(36)33-27(39)31-19-5-6-23(22(29)14-19)38-21-7-10-30-24(15-21)32-26(37)16-34-11-8-20(35)9-12-34/h1-7,10,14-15,20,35H,8-9,11-13,16H2,(H,30,32,37)(H2,31,33,36,39). The van der Waals surface area contributed by atoms with Crippen LogP contribution in [0.3, 0.4) is 0 Å². The van der Waals surface area contributed by atoms with Gasteiger partial charge in [-0.3, -0.25) is 14.5 Å². The van der Waals surface area contributed by atoms with Gasteiger partial charge in [0.1, 0.15) is 17.4 Å². The maximum atomic E-state index is 14.7. The van der Waals surface area contributed by atoms with E-state index in [0.29, 0.717) is 37.2 Å². The molecule has 39 heavy (non-hydrogen) atoms. The summed E-state index contributed by atoms with van der Waals surface area (Å²) in [7, 11) is 0. The third-order valence-electron chi connectivity index (χ3n) is 5.87. The van der Waals surface area contributed by atoms with Crippen molar-refractivity contribution in [3.05, 3.63) is 78.0 Å². The SMILES string of the molecule is O=C(Cc1ccc(F)cc1)NC(=S)Nc1ccc(Oc2ccnc(NC(=O)CN3CCC(O)CC3)c2)c(F)c1. The van der Waals surface area contributed by atoms with Crippen molar-refractivity contribution in [2.24, 2.45) is 0 Å². The number of piperidine rings is 1. The fourth-order valence-corrected chi connectivity index (χ4v) is 4.15. The molecule has 9 nitrogen and oxygen atoms in total. The van der Waals surface area contributed by atoms with E-state index in [1.54, 1.807) is 0 Å². The quantitative estimate of drug-likeness (QED) is 0.312. The van der Waals surface area contributed by atoms with Crippen LogP contribution >= 0.6 is 12.2 Å². The lowest BCUT2D eigenvalue weighted by atomic mass is 10.1. The molecule has 1 aliphatic rings. The number of nitrogens with one attached hydrogen (secondary N) is 3. The van der Waals surface area contributed by atoms with Crippen LogP contribution in [0.1, 0.15) is 18.4 Å². The van der Waals surface area contributed by atoms with Gasteiger partial charge < -0.3 is 25.8 Å². The molecule has 4 N–H and O–H groups in total. The molecule has 1 aromatic heterocycles. The summed E-state index contributed by atoms with van der Waals surface area (Å²) in [6, 6.07) is 12.6. The van der Waals surface area contributed by atoms with Crippen molar-refractivity contribution in [2.75, 3.05) is 30.3 Å². The molecule has 204 valence electrons. The van der Waals surface area contributed by atoms with E-state index >= 15 is 0 Å². The Hall–Kier alpha value is -4.00. The third-order valence-corrected chi connectivity index (χ3v) is 6.08. The highest BCUT2D eigenvalue weighted by Gasteiger charge is 2.19. The highest BCUT2D eigenvalue weighted by molar-refractivity contribution is 7.80. The molecular weight excluding hydrogens is 528 g/mol. The maximum Gasteiger partial charge on any atom is 0.239 e. The molecule has 2 aromatic carbocycles. The fraction of sp³-hybridized carbons (Fsp3) is 0.259. The number of aliphatic hydroxyl groups excluding tert-OH is 1. The zero-order valence-electron chi connectivity index (χ0n) is 20.8. The number of ether oxygens (including phenoxy) is 1. The van der Waals surface area contributed by atoms with Gasteiger partial charge in [-0.05, 0) is 61.0 Å². The van der Waals surface area contributed by atoms with Crippen molar-refractivity contribution < 1.29 is 28.2 Å². The van der Waals surface area contributed by atoms with E-state index in [1.165, 1.54) is 54.7 Å². The number of benzene rings is 2. The molecule has 0 saturated carbocycles. The van der Waals surface area contributed by atoms with Gasteiger partial charge in [0.15, 0.2) is 16.7 Å². The lowest BCUT2D eigenvalue weighted by molar-refractivity contribution is -0.119. The summed E-state index contributed by atoms with van der Waals surface area (Å²) in [6.45, 7) is 1.46. The van der Waals surface area contributed by atoms with Gasteiger partial charge in [-0.1, -0.05) is 12.1 Å². The minimum atomic E-state index is -0.685. The first-order valence-corrected chi connectivity index (χ1v) is 12.6. The summed E-state index contributed by atoms with van der Waals surface area (Å²) in [6.07, 6.45) is 2.38. The van der Waals surface area contributed by atoms with Crippen LogP contribution in [-0.4, -0.2) is 57.7 Å². The van der Waals surface area contributed by atoms with Crippen molar-refractivity contribution >= 4 is 40.6 Å². The largest absolute Gasteiger partial charge is 0.454 e. The summed E-state index contributed by atoms with van der Waals surface area (Å²) in [5.74, 6) is -1.28. The predicted molar refractivity (Wildman–Crippen MR) is 145 cm³/mol. The Morgan fingerprint density at radius 3 is 2.49 bits per heavy atom. The van der Waals surface area contributed by atoms with Crippen molar-refractivity contribution in [2.45, 2.75) is 25.4 Å². The van der Waals surface area contributed by atoms with E-state index < -0.39 is 17.5 Å². The first-order valence-electron chi connectivity index (χ1n) is 12.2. The van der Waals surface area contributed by atoms with E-state index in [4.69, 9.17) is 17.0 Å². The Balaban J connectivity index is 1.28. The number of halogens is 2. The molecule has 0 aliphatic carbocycles. The fourth-order valence-electron chi connectivity index (χ4n) is 3.92. The van der Waals surface area contributed by atoms with Gasteiger partial charge in [0.2, 0.25) is 11.8 Å². The van der Waals surface area contributed by atoms with Crippen molar-refractivity contribution in [3.8, 4) is 11.5 Å². The number of rotatable bonds is 8. The minimum Gasteiger partial charge on any atom is -0.454 e. The second kappa shape index (κ2) is 13.2. The first kappa shape index (κ1) is 28.0. The van der Waals surface area contributed by atoms with Crippen molar-refractivity contribution in [1.82, 2.24) is 15.2 Å². The second-order valence-corrected chi connectivity index (χ2v) is 9.39. The second-order valence-electron chi connectivity index (χ2n) is 8.99. The average Bonchev–Trinajstić information content (AvgIpc) is 2.88. The molecule has 1 aliphatic heterocycles. The number of anilines is 2. The zero-order valence-corrected chi connectivity index (χ0v) is 21.6. The Bertz CT molecular complexity index is 1330. The number of aliphatic hydroxyl groups is 1. The monoisotopic (exact) mass is 555 g/mol. The first-order chi connectivity index (χ1) is 18.7. The molecule has 0 bridgehead atoms. The average molecular weight is 556 g/mol. The number of thiocarbonyl (C=S) groups is 1.